The molecule has 0 bridgehead atoms. The Balaban J connectivity index is 1.30. The van der Waals surface area contributed by atoms with Crippen molar-refractivity contribution >= 4 is 5.97 Å². The minimum Gasteiger partial charge on any atom is -0.469 e. The minimum atomic E-state index is -1.02. The Morgan fingerprint density at radius 3 is 1.20 bits per heavy atom. The number of rotatable bonds is 17. The Kier molecular flexibility index (Phi) is 13.5. The molecule has 1 fully saturated rings. The standard InChI is InChI=1S/C49H48O7/c1-51-45(50)32-43-46(52-33-37-20-8-2-9-21-37)48(54-35-39-24-12-4-13-25-39)47(53-34-38-22-10-3-11-23-38)44(56-43)36-55-49(40-26-14-5-15-27-40,41-28-16-6-17-29-41)42-30-18-7-19-31-42/h2-31,43-44,46-48H,32-36H2,1H3/t43-,44+,46-,47+,48+/m0/s1. The number of carbonyl (C=O) groups excluding carboxylic acids is 1. The van der Waals surface area contributed by atoms with E-state index in [9.17, 15) is 4.79 Å². The van der Waals surface area contributed by atoms with Gasteiger partial charge in [-0.3, -0.25) is 4.79 Å². The summed E-state index contributed by atoms with van der Waals surface area (Å²) in [6.45, 7) is 0.961. The molecule has 0 aliphatic carbocycles. The number of carbonyl (C=O) groups is 1. The van der Waals surface area contributed by atoms with E-state index in [1.54, 1.807) is 0 Å². The second kappa shape index (κ2) is 19.4. The molecular weight excluding hydrogens is 701 g/mol. The number of benzene rings is 6. The topological polar surface area (TPSA) is 72.5 Å². The fourth-order valence-corrected chi connectivity index (χ4v) is 7.41. The summed E-state index contributed by atoms with van der Waals surface area (Å²) in [5, 5.41) is 0. The quantitative estimate of drug-likeness (QED) is 0.0681. The fourth-order valence-electron chi connectivity index (χ4n) is 7.41. The molecule has 0 aromatic heterocycles. The highest BCUT2D eigenvalue weighted by Crippen LogP contribution is 2.42. The first-order valence-corrected chi connectivity index (χ1v) is 19.1. The van der Waals surface area contributed by atoms with Crippen LogP contribution in [0.5, 0.6) is 0 Å². The zero-order chi connectivity index (χ0) is 38.4. The fraction of sp³-hybridized carbons (Fsp3) is 0.245. The van der Waals surface area contributed by atoms with E-state index in [0.717, 1.165) is 33.4 Å². The Morgan fingerprint density at radius 1 is 0.482 bits per heavy atom. The molecule has 0 N–H and O–H groups in total. The highest BCUT2D eigenvalue weighted by Gasteiger charge is 2.50. The maximum absolute atomic E-state index is 13.1. The van der Waals surface area contributed by atoms with Gasteiger partial charge in [-0.15, -0.1) is 0 Å². The summed E-state index contributed by atoms with van der Waals surface area (Å²) in [6.07, 6.45) is -3.52. The van der Waals surface area contributed by atoms with Crippen LogP contribution in [0.15, 0.2) is 182 Å². The third kappa shape index (κ3) is 9.51. The largest absolute Gasteiger partial charge is 0.469 e. The van der Waals surface area contributed by atoms with Gasteiger partial charge in [-0.05, 0) is 33.4 Å². The van der Waals surface area contributed by atoms with Crippen molar-refractivity contribution in [3.05, 3.63) is 215 Å². The van der Waals surface area contributed by atoms with Crippen LogP contribution in [-0.2, 0) is 58.6 Å². The summed E-state index contributed by atoms with van der Waals surface area (Å²) in [5.41, 5.74) is 4.84. The highest BCUT2D eigenvalue weighted by molar-refractivity contribution is 5.70. The summed E-state index contributed by atoms with van der Waals surface area (Å²) in [4.78, 5) is 13.1. The van der Waals surface area contributed by atoms with Gasteiger partial charge >= 0.3 is 5.97 Å². The van der Waals surface area contributed by atoms with Gasteiger partial charge in [0, 0.05) is 0 Å². The molecule has 286 valence electrons. The minimum absolute atomic E-state index is 0.0513. The van der Waals surface area contributed by atoms with Gasteiger partial charge in [-0.25, -0.2) is 0 Å². The van der Waals surface area contributed by atoms with Crippen molar-refractivity contribution in [3.8, 4) is 0 Å². The average molecular weight is 749 g/mol. The molecule has 0 spiro atoms. The molecule has 0 amide bonds. The monoisotopic (exact) mass is 748 g/mol. The molecule has 1 aliphatic rings. The molecule has 1 aliphatic heterocycles. The van der Waals surface area contributed by atoms with Gasteiger partial charge in [-0.1, -0.05) is 182 Å². The van der Waals surface area contributed by atoms with Gasteiger partial charge in [0.1, 0.15) is 30.0 Å². The van der Waals surface area contributed by atoms with Crippen LogP contribution in [0.25, 0.3) is 0 Å². The van der Waals surface area contributed by atoms with Gasteiger partial charge in [0.25, 0.3) is 0 Å². The predicted molar refractivity (Wildman–Crippen MR) is 216 cm³/mol. The van der Waals surface area contributed by atoms with Crippen molar-refractivity contribution in [2.24, 2.45) is 0 Å². The van der Waals surface area contributed by atoms with E-state index in [1.165, 1.54) is 7.11 Å². The molecule has 0 radical (unpaired) electrons. The number of esters is 1. The van der Waals surface area contributed by atoms with Gasteiger partial charge in [0.2, 0.25) is 0 Å². The first-order valence-electron chi connectivity index (χ1n) is 19.1. The van der Waals surface area contributed by atoms with Crippen LogP contribution in [0.1, 0.15) is 39.8 Å². The molecule has 7 nitrogen and oxygen atoms in total. The van der Waals surface area contributed by atoms with Crippen molar-refractivity contribution in [1.29, 1.82) is 0 Å². The smallest absolute Gasteiger partial charge is 0.308 e. The number of methoxy groups -OCH3 is 1. The Labute approximate surface area is 329 Å². The SMILES string of the molecule is COC(=O)C[C@@H]1O[C@H](COC(c2ccccc2)(c2ccccc2)c2ccccc2)[C@@H](OCc2ccccc2)[C@H](OCc2ccccc2)[C@H]1OCc1ccccc1. The Morgan fingerprint density at radius 2 is 0.821 bits per heavy atom. The summed E-state index contributed by atoms with van der Waals surface area (Å²) in [5.74, 6) is -0.416. The van der Waals surface area contributed by atoms with Crippen LogP contribution in [-0.4, -0.2) is 50.2 Å². The molecule has 6 aromatic carbocycles. The first-order chi connectivity index (χ1) is 27.6. The molecule has 0 unspecified atom stereocenters. The maximum atomic E-state index is 13.1. The van der Waals surface area contributed by atoms with Crippen molar-refractivity contribution < 1.29 is 33.2 Å². The van der Waals surface area contributed by atoms with Crippen LogP contribution in [0, 0.1) is 0 Å². The van der Waals surface area contributed by atoms with E-state index < -0.39 is 42.1 Å². The van der Waals surface area contributed by atoms with Crippen LogP contribution >= 0.6 is 0 Å². The van der Waals surface area contributed by atoms with Gasteiger partial charge in [0.15, 0.2) is 0 Å². The van der Waals surface area contributed by atoms with Crippen LogP contribution in [0.4, 0.5) is 0 Å². The number of hydrogen-bond donors (Lipinski definition) is 0. The number of ether oxygens (including phenoxy) is 6. The molecule has 7 heteroatoms. The van der Waals surface area contributed by atoms with Crippen LogP contribution in [0.3, 0.4) is 0 Å². The zero-order valence-corrected chi connectivity index (χ0v) is 31.6. The lowest BCUT2D eigenvalue weighted by Gasteiger charge is -2.47. The van der Waals surface area contributed by atoms with Crippen LogP contribution < -0.4 is 0 Å². The molecule has 1 saturated heterocycles. The molecule has 1 heterocycles. The van der Waals surface area contributed by atoms with E-state index in [0.29, 0.717) is 13.2 Å². The van der Waals surface area contributed by atoms with Crippen molar-refractivity contribution in [1.82, 2.24) is 0 Å². The lowest BCUT2D eigenvalue weighted by atomic mass is 9.80. The van der Waals surface area contributed by atoms with E-state index >= 15 is 0 Å². The molecule has 5 atom stereocenters. The molecule has 0 saturated carbocycles. The van der Waals surface area contributed by atoms with Gasteiger partial charge < -0.3 is 28.4 Å². The molecular formula is C49H48O7. The third-order valence-corrected chi connectivity index (χ3v) is 10.2. The van der Waals surface area contributed by atoms with E-state index in [2.05, 4.69) is 36.4 Å². The average Bonchev–Trinajstić information content (AvgIpc) is 3.27. The predicted octanol–water partition coefficient (Wildman–Crippen LogP) is 9.08. The van der Waals surface area contributed by atoms with Crippen molar-refractivity contribution in [3.63, 3.8) is 0 Å². The Hall–Kier alpha value is -5.41. The summed E-state index contributed by atoms with van der Waals surface area (Å²) in [6, 6.07) is 60.7. The second-order valence-corrected chi connectivity index (χ2v) is 13.9. The lowest BCUT2D eigenvalue weighted by Crippen LogP contribution is -2.62. The highest BCUT2D eigenvalue weighted by atomic mass is 16.6. The van der Waals surface area contributed by atoms with Gasteiger partial charge in [0.05, 0.1) is 46.1 Å². The molecule has 6 aromatic rings. The molecule has 56 heavy (non-hydrogen) atoms. The summed E-state index contributed by atoms with van der Waals surface area (Å²) < 4.78 is 40.1. The Bertz CT molecular complexity index is 1930. The number of hydrogen-bond acceptors (Lipinski definition) is 7. The van der Waals surface area contributed by atoms with E-state index in [4.69, 9.17) is 28.4 Å². The van der Waals surface area contributed by atoms with E-state index in [-0.39, 0.29) is 19.6 Å². The third-order valence-electron chi connectivity index (χ3n) is 10.2. The lowest BCUT2D eigenvalue weighted by molar-refractivity contribution is -0.276. The van der Waals surface area contributed by atoms with Gasteiger partial charge in [-0.2, -0.15) is 0 Å². The van der Waals surface area contributed by atoms with E-state index in [1.807, 2.05) is 146 Å². The zero-order valence-electron chi connectivity index (χ0n) is 31.6. The second-order valence-electron chi connectivity index (χ2n) is 13.9. The molecule has 7 rings (SSSR count). The van der Waals surface area contributed by atoms with Crippen molar-refractivity contribution in [2.75, 3.05) is 13.7 Å². The first kappa shape index (κ1) is 38.8. The maximum Gasteiger partial charge on any atom is 0.308 e. The normalized spacial score (nSPS) is 19.6. The summed E-state index contributed by atoms with van der Waals surface area (Å²) >= 11 is 0. The van der Waals surface area contributed by atoms with Crippen LogP contribution in [0.2, 0.25) is 0 Å². The van der Waals surface area contributed by atoms with Crippen molar-refractivity contribution in [2.45, 2.75) is 62.4 Å². The summed E-state index contributed by atoms with van der Waals surface area (Å²) in [7, 11) is 1.38.